The van der Waals surface area contributed by atoms with Crippen molar-refractivity contribution in [3.8, 4) is 0 Å². The molecule has 2 atom stereocenters. The van der Waals surface area contributed by atoms with Crippen molar-refractivity contribution in [2.75, 3.05) is 0 Å². The molecule has 0 aromatic heterocycles. The Kier molecular flexibility index (Phi) is 2.12. The lowest BCUT2D eigenvalue weighted by molar-refractivity contribution is -0.313. The Morgan fingerprint density at radius 3 is 1.55 bits per heavy atom. The van der Waals surface area contributed by atoms with E-state index in [0.29, 0.717) is 12.8 Å². The molecule has 0 unspecified atom stereocenters. The number of carboxylic acids is 2. The molecule has 0 amide bonds. The molecule has 1 saturated carbocycles. The molecule has 1 rings (SSSR count). The molecule has 1 aliphatic carbocycles. The van der Waals surface area contributed by atoms with Gasteiger partial charge in [-0.05, 0) is 31.1 Å². The third-order valence-electron chi connectivity index (χ3n) is 2.10. The van der Waals surface area contributed by atoms with Crippen LogP contribution in [0.4, 0.5) is 0 Å². The van der Waals surface area contributed by atoms with Gasteiger partial charge in [0.1, 0.15) is 0 Å². The first-order valence-corrected chi connectivity index (χ1v) is 3.53. The van der Waals surface area contributed by atoms with Crippen LogP contribution in [0.15, 0.2) is 0 Å². The lowest BCUT2D eigenvalue weighted by Crippen LogP contribution is -2.32. The molecule has 4 nitrogen and oxygen atoms in total. The van der Waals surface area contributed by atoms with E-state index in [0.717, 1.165) is 0 Å². The van der Waals surface area contributed by atoms with E-state index >= 15 is 0 Å². The normalized spacial score (nSPS) is 30.2. The average Bonchev–Trinajstić information content (AvgIpc) is 2.33. The van der Waals surface area contributed by atoms with Gasteiger partial charge in [-0.15, -0.1) is 0 Å². The molecule has 0 aromatic carbocycles. The van der Waals surface area contributed by atoms with Crippen molar-refractivity contribution < 1.29 is 19.8 Å². The van der Waals surface area contributed by atoms with Gasteiger partial charge in [-0.1, -0.05) is 0 Å². The van der Waals surface area contributed by atoms with Crippen molar-refractivity contribution in [1.29, 1.82) is 0 Å². The van der Waals surface area contributed by atoms with Crippen LogP contribution in [0.2, 0.25) is 0 Å². The standard InChI is InChI=1S/C7H10O4/c8-6(9)4-1-2-5(3-4)7(10)11/h4-5H,1-3H2,(H,8,9)(H,10,11)/p-2/t4-,5+. The summed E-state index contributed by atoms with van der Waals surface area (Å²) in [5.74, 6) is -3.46. The van der Waals surface area contributed by atoms with Crippen molar-refractivity contribution in [3.05, 3.63) is 0 Å². The van der Waals surface area contributed by atoms with E-state index in [1.165, 1.54) is 0 Å². The molecule has 0 aromatic rings. The Morgan fingerprint density at radius 2 is 1.36 bits per heavy atom. The Labute approximate surface area is 63.8 Å². The number of carbonyl (C=O) groups is 2. The fraction of sp³-hybridized carbons (Fsp3) is 0.714. The van der Waals surface area contributed by atoms with Gasteiger partial charge in [0.2, 0.25) is 0 Å². The van der Waals surface area contributed by atoms with Gasteiger partial charge in [-0.3, -0.25) is 0 Å². The Balaban J connectivity index is 2.47. The highest BCUT2D eigenvalue weighted by Gasteiger charge is 2.25. The number of hydrogen-bond acceptors (Lipinski definition) is 4. The van der Waals surface area contributed by atoms with E-state index in [2.05, 4.69) is 0 Å². The van der Waals surface area contributed by atoms with Crippen LogP contribution in [0.3, 0.4) is 0 Å². The van der Waals surface area contributed by atoms with Gasteiger partial charge in [-0.2, -0.15) is 0 Å². The van der Waals surface area contributed by atoms with Crippen molar-refractivity contribution >= 4 is 11.9 Å². The van der Waals surface area contributed by atoms with Gasteiger partial charge in [-0.25, -0.2) is 0 Å². The summed E-state index contributed by atoms with van der Waals surface area (Å²) in [7, 11) is 0. The van der Waals surface area contributed by atoms with Crippen LogP contribution in [0.5, 0.6) is 0 Å². The summed E-state index contributed by atoms with van der Waals surface area (Å²) >= 11 is 0. The van der Waals surface area contributed by atoms with Gasteiger partial charge >= 0.3 is 0 Å². The molecule has 4 heteroatoms. The SMILES string of the molecule is O=C([O-])[C@@H]1CC[C@H](C(=O)[O-])C1. The highest BCUT2D eigenvalue weighted by atomic mass is 16.4. The summed E-state index contributed by atoms with van der Waals surface area (Å²) in [5, 5.41) is 20.5. The minimum absolute atomic E-state index is 0.171. The van der Waals surface area contributed by atoms with Crippen LogP contribution in [0, 0.1) is 11.8 Å². The number of aliphatic carboxylic acids is 2. The number of carbonyl (C=O) groups excluding carboxylic acids is 2. The third kappa shape index (κ3) is 1.69. The zero-order chi connectivity index (χ0) is 8.43. The van der Waals surface area contributed by atoms with E-state index in [9.17, 15) is 19.8 Å². The fourth-order valence-electron chi connectivity index (χ4n) is 1.41. The minimum atomic E-state index is -1.14. The predicted octanol–water partition coefficient (Wildman–Crippen LogP) is -2.10. The lowest BCUT2D eigenvalue weighted by Gasteiger charge is -2.12. The second-order valence-corrected chi connectivity index (χ2v) is 2.84. The number of carboxylic acid groups (broad SMARTS) is 2. The van der Waals surface area contributed by atoms with Crippen LogP contribution in [0.25, 0.3) is 0 Å². The van der Waals surface area contributed by atoms with Crippen molar-refractivity contribution in [2.45, 2.75) is 19.3 Å². The first kappa shape index (κ1) is 8.04. The van der Waals surface area contributed by atoms with Gasteiger partial charge < -0.3 is 19.8 Å². The first-order valence-electron chi connectivity index (χ1n) is 3.53. The molecule has 0 N–H and O–H groups in total. The summed E-state index contributed by atoms with van der Waals surface area (Å²) in [5.41, 5.74) is 0. The van der Waals surface area contributed by atoms with Crippen LogP contribution < -0.4 is 10.2 Å². The van der Waals surface area contributed by atoms with Crippen molar-refractivity contribution in [2.24, 2.45) is 11.8 Å². The molecule has 0 spiro atoms. The smallest absolute Gasteiger partial charge is 0.0445 e. The van der Waals surface area contributed by atoms with E-state index in [-0.39, 0.29) is 6.42 Å². The average molecular weight is 156 g/mol. The van der Waals surface area contributed by atoms with Crippen LogP contribution in [0.1, 0.15) is 19.3 Å². The van der Waals surface area contributed by atoms with Crippen LogP contribution >= 0.6 is 0 Å². The topological polar surface area (TPSA) is 80.3 Å². The largest absolute Gasteiger partial charge is 0.550 e. The summed E-state index contributed by atoms with van der Waals surface area (Å²) in [6, 6.07) is 0. The predicted molar refractivity (Wildman–Crippen MR) is 30.8 cm³/mol. The summed E-state index contributed by atoms with van der Waals surface area (Å²) in [4.78, 5) is 20.5. The van der Waals surface area contributed by atoms with Gasteiger partial charge in [0.05, 0.1) is 0 Å². The monoisotopic (exact) mass is 156 g/mol. The van der Waals surface area contributed by atoms with Crippen molar-refractivity contribution in [1.82, 2.24) is 0 Å². The number of rotatable bonds is 2. The maximum atomic E-state index is 10.2. The van der Waals surface area contributed by atoms with Gasteiger partial charge in [0.15, 0.2) is 0 Å². The Bertz CT molecular complexity index is 167. The molecule has 62 valence electrons. The summed E-state index contributed by atoms with van der Waals surface area (Å²) in [6.45, 7) is 0. The lowest BCUT2D eigenvalue weighted by atomic mass is 10.1. The molecule has 11 heavy (non-hydrogen) atoms. The van der Waals surface area contributed by atoms with E-state index in [4.69, 9.17) is 0 Å². The second kappa shape index (κ2) is 2.90. The maximum absolute atomic E-state index is 10.2. The van der Waals surface area contributed by atoms with E-state index in [1.54, 1.807) is 0 Å². The quantitative estimate of drug-likeness (QED) is 0.458. The molecular weight excluding hydrogens is 148 g/mol. The molecule has 0 bridgehead atoms. The molecule has 1 fully saturated rings. The number of hydrogen-bond donors (Lipinski definition) is 0. The van der Waals surface area contributed by atoms with Gasteiger partial charge in [0, 0.05) is 11.9 Å². The van der Waals surface area contributed by atoms with Crippen LogP contribution in [-0.2, 0) is 9.59 Å². The zero-order valence-electron chi connectivity index (χ0n) is 5.91. The molecule has 0 radical (unpaired) electrons. The summed E-state index contributed by atoms with van der Waals surface area (Å²) in [6.07, 6.45) is 0.979. The van der Waals surface area contributed by atoms with Crippen LogP contribution in [-0.4, -0.2) is 11.9 Å². The Morgan fingerprint density at radius 1 is 1.00 bits per heavy atom. The molecular formula is C7H8O4-2. The highest BCUT2D eigenvalue weighted by Crippen LogP contribution is 2.29. The highest BCUT2D eigenvalue weighted by molar-refractivity contribution is 5.72. The second-order valence-electron chi connectivity index (χ2n) is 2.84. The molecule has 0 saturated heterocycles. The van der Waals surface area contributed by atoms with Gasteiger partial charge in [0.25, 0.3) is 0 Å². The Hall–Kier alpha value is -1.06. The third-order valence-corrected chi connectivity index (χ3v) is 2.10. The summed E-state index contributed by atoms with van der Waals surface area (Å²) < 4.78 is 0. The zero-order valence-corrected chi connectivity index (χ0v) is 5.91. The molecule has 0 heterocycles. The van der Waals surface area contributed by atoms with E-state index < -0.39 is 23.8 Å². The molecule has 0 aliphatic heterocycles. The molecule has 1 aliphatic rings. The van der Waals surface area contributed by atoms with E-state index in [1.807, 2.05) is 0 Å². The first-order chi connectivity index (χ1) is 5.11. The van der Waals surface area contributed by atoms with Crippen molar-refractivity contribution in [3.63, 3.8) is 0 Å². The fourth-order valence-corrected chi connectivity index (χ4v) is 1.41. The maximum Gasteiger partial charge on any atom is 0.0445 e. The minimum Gasteiger partial charge on any atom is -0.550 e.